The van der Waals surface area contributed by atoms with E-state index in [-0.39, 0.29) is 19.8 Å². The molecule has 3 N–H and O–H groups in total. The Bertz CT molecular complexity index is 797. The molecular weight excluding hydrogens is 396 g/mol. The average Bonchev–Trinajstić information content (AvgIpc) is 2.78. The zero-order valence-electron chi connectivity index (χ0n) is 17.9. The van der Waals surface area contributed by atoms with Gasteiger partial charge in [-0.2, -0.15) is 0 Å². The van der Waals surface area contributed by atoms with Crippen molar-refractivity contribution in [1.82, 2.24) is 0 Å². The van der Waals surface area contributed by atoms with Crippen LogP contribution in [0.4, 0.5) is 0 Å². The summed E-state index contributed by atoms with van der Waals surface area (Å²) in [5.74, 6) is 0.645. The highest BCUT2D eigenvalue weighted by Gasteiger charge is 2.09. The molecule has 0 heterocycles. The molecular formula is C25H32O6. The van der Waals surface area contributed by atoms with E-state index < -0.39 is 12.2 Å². The van der Waals surface area contributed by atoms with Crippen LogP contribution in [0.5, 0.6) is 5.75 Å². The summed E-state index contributed by atoms with van der Waals surface area (Å²) in [6.45, 7) is 1.21. The third kappa shape index (κ3) is 9.94. The lowest BCUT2D eigenvalue weighted by atomic mass is 10.1. The van der Waals surface area contributed by atoms with Crippen LogP contribution >= 0.6 is 0 Å². The maximum absolute atomic E-state index is 10.4. The predicted octanol–water partition coefficient (Wildman–Crippen LogP) is 3.18. The van der Waals surface area contributed by atoms with Crippen molar-refractivity contribution in [2.45, 2.75) is 31.7 Å². The van der Waals surface area contributed by atoms with Crippen molar-refractivity contribution in [2.75, 3.05) is 33.5 Å². The molecule has 0 fully saturated rings. The smallest absolute Gasteiger partial charge is 0.119 e. The second-order valence-corrected chi connectivity index (χ2v) is 7.14. The monoisotopic (exact) mass is 428 g/mol. The summed E-state index contributed by atoms with van der Waals surface area (Å²) in [5.41, 5.74) is 5.76. The van der Waals surface area contributed by atoms with E-state index in [1.54, 1.807) is 37.5 Å². The van der Waals surface area contributed by atoms with E-state index in [4.69, 9.17) is 19.3 Å². The van der Waals surface area contributed by atoms with Gasteiger partial charge in [0.25, 0.3) is 0 Å². The molecule has 0 aromatic heterocycles. The summed E-state index contributed by atoms with van der Waals surface area (Å²) < 4.78 is 16.1. The molecule has 0 unspecified atom stereocenters. The van der Waals surface area contributed by atoms with Gasteiger partial charge in [-0.3, -0.25) is 0 Å². The van der Waals surface area contributed by atoms with Crippen LogP contribution in [0.1, 0.15) is 30.1 Å². The fourth-order valence-corrected chi connectivity index (χ4v) is 2.96. The summed E-state index contributed by atoms with van der Waals surface area (Å²) in [6.07, 6.45) is 1.18. The van der Waals surface area contributed by atoms with Crippen LogP contribution in [0.3, 0.4) is 0 Å². The normalized spacial score (nSPS) is 12.6. The molecule has 2 aromatic rings. The minimum Gasteiger partial charge on any atom is -0.491 e. The third-order valence-electron chi connectivity index (χ3n) is 4.49. The lowest BCUT2D eigenvalue weighted by molar-refractivity contribution is 0.0273. The molecule has 2 aromatic carbocycles. The lowest BCUT2D eigenvalue weighted by Crippen LogP contribution is -2.17. The van der Waals surface area contributed by atoms with Gasteiger partial charge in [0.1, 0.15) is 12.4 Å². The second-order valence-electron chi connectivity index (χ2n) is 7.14. The van der Waals surface area contributed by atoms with Gasteiger partial charge >= 0.3 is 0 Å². The number of methoxy groups -OCH3 is 1. The maximum Gasteiger partial charge on any atom is 0.119 e. The zero-order chi connectivity index (χ0) is 22.3. The number of benzene rings is 2. The standard InChI is InChI=1S/C25H32O6/c1-29-17-21(16-23(27)19-30-18-20-6-3-2-4-7-20)8-5-9-25(28)22-10-12-24(13-11-22)31-15-14-26/h2-7,10-13,23,25-28H,9,14-19H2,1H3/t8?,23-,25-/m1/s1. The van der Waals surface area contributed by atoms with E-state index in [0.29, 0.717) is 31.8 Å². The Morgan fingerprint density at radius 2 is 1.81 bits per heavy atom. The molecule has 0 aliphatic carbocycles. The van der Waals surface area contributed by atoms with E-state index in [9.17, 15) is 10.2 Å². The Morgan fingerprint density at radius 3 is 2.48 bits per heavy atom. The third-order valence-corrected chi connectivity index (χ3v) is 4.49. The van der Waals surface area contributed by atoms with Crippen LogP contribution < -0.4 is 4.74 Å². The Balaban J connectivity index is 1.83. The summed E-state index contributed by atoms with van der Waals surface area (Å²) in [7, 11) is 1.59. The fourth-order valence-electron chi connectivity index (χ4n) is 2.96. The number of ether oxygens (including phenoxy) is 3. The van der Waals surface area contributed by atoms with Gasteiger partial charge in [0, 0.05) is 20.0 Å². The molecule has 2 atom stereocenters. The van der Waals surface area contributed by atoms with Crippen LogP contribution in [0, 0.1) is 0 Å². The average molecular weight is 429 g/mol. The van der Waals surface area contributed by atoms with Gasteiger partial charge in [-0.05, 0) is 34.9 Å². The first kappa shape index (κ1) is 24.8. The highest BCUT2D eigenvalue weighted by Crippen LogP contribution is 2.20. The molecule has 0 saturated carbocycles. The molecule has 0 spiro atoms. The van der Waals surface area contributed by atoms with Crippen LogP contribution in [0.15, 0.2) is 72.0 Å². The first-order valence-corrected chi connectivity index (χ1v) is 10.4. The van der Waals surface area contributed by atoms with Crippen molar-refractivity contribution in [3.05, 3.63) is 83.1 Å². The Labute approximate surface area is 184 Å². The largest absolute Gasteiger partial charge is 0.491 e. The first-order chi connectivity index (χ1) is 15.1. The van der Waals surface area contributed by atoms with Gasteiger partial charge in [0.2, 0.25) is 0 Å². The Morgan fingerprint density at radius 1 is 1.06 bits per heavy atom. The van der Waals surface area contributed by atoms with E-state index >= 15 is 0 Å². The predicted molar refractivity (Wildman–Crippen MR) is 119 cm³/mol. The SMILES string of the molecule is COCC(=C=CC[C@@H](O)c1ccc(OCCO)cc1)C[C@@H](O)COCc1ccccc1. The number of hydrogen-bond donors (Lipinski definition) is 3. The molecule has 6 heteroatoms. The minimum atomic E-state index is -0.678. The minimum absolute atomic E-state index is 0.0425. The van der Waals surface area contributed by atoms with E-state index in [1.165, 1.54) is 0 Å². The molecule has 0 amide bonds. The zero-order valence-corrected chi connectivity index (χ0v) is 17.9. The van der Waals surface area contributed by atoms with Crippen molar-refractivity contribution < 1.29 is 29.5 Å². The van der Waals surface area contributed by atoms with Crippen molar-refractivity contribution in [3.63, 3.8) is 0 Å². The number of aliphatic hydroxyl groups is 3. The van der Waals surface area contributed by atoms with Crippen molar-refractivity contribution in [3.8, 4) is 5.75 Å². The summed E-state index contributed by atoms with van der Waals surface area (Å²) in [4.78, 5) is 0. The van der Waals surface area contributed by atoms with Crippen LogP contribution in [0.25, 0.3) is 0 Å². The van der Waals surface area contributed by atoms with Crippen molar-refractivity contribution in [2.24, 2.45) is 0 Å². The molecule has 0 radical (unpaired) electrons. The highest BCUT2D eigenvalue weighted by atomic mass is 16.5. The Hall–Kier alpha value is -2.44. The molecule has 0 saturated heterocycles. The topological polar surface area (TPSA) is 88.4 Å². The molecule has 168 valence electrons. The van der Waals surface area contributed by atoms with Crippen molar-refractivity contribution in [1.29, 1.82) is 0 Å². The summed E-state index contributed by atoms with van der Waals surface area (Å²) >= 11 is 0. The highest BCUT2D eigenvalue weighted by molar-refractivity contribution is 5.28. The fraction of sp³-hybridized carbons (Fsp3) is 0.400. The summed E-state index contributed by atoms with van der Waals surface area (Å²) in [5, 5.41) is 29.4. The van der Waals surface area contributed by atoms with Crippen molar-refractivity contribution >= 4 is 0 Å². The van der Waals surface area contributed by atoms with Crippen LogP contribution in [-0.2, 0) is 16.1 Å². The Kier molecular flexibility index (Phi) is 11.6. The van der Waals surface area contributed by atoms with Crippen LogP contribution in [0.2, 0.25) is 0 Å². The van der Waals surface area contributed by atoms with Gasteiger partial charge in [-0.15, -0.1) is 5.73 Å². The lowest BCUT2D eigenvalue weighted by Gasteiger charge is -2.13. The molecule has 0 bridgehead atoms. The van der Waals surface area contributed by atoms with Gasteiger partial charge in [0.15, 0.2) is 0 Å². The quantitative estimate of drug-likeness (QED) is 0.401. The van der Waals surface area contributed by atoms with E-state index in [2.05, 4.69) is 5.73 Å². The first-order valence-electron chi connectivity index (χ1n) is 10.4. The molecule has 6 nitrogen and oxygen atoms in total. The molecule has 0 aliphatic rings. The molecule has 0 aliphatic heterocycles. The van der Waals surface area contributed by atoms with Gasteiger partial charge < -0.3 is 29.5 Å². The summed E-state index contributed by atoms with van der Waals surface area (Å²) in [6, 6.07) is 16.9. The van der Waals surface area contributed by atoms with Gasteiger partial charge in [-0.1, -0.05) is 42.5 Å². The van der Waals surface area contributed by atoms with E-state index in [1.807, 2.05) is 30.3 Å². The van der Waals surface area contributed by atoms with Crippen LogP contribution in [-0.4, -0.2) is 55.0 Å². The molecule has 2 rings (SSSR count). The van der Waals surface area contributed by atoms with Gasteiger partial charge in [-0.25, -0.2) is 0 Å². The number of hydrogen-bond acceptors (Lipinski definition) is 6. The maximum atomic E-state index is 10.4. The van der Waals surface area contributed by atoms with E-state index in [0.717, 1.165) is 16.7 Å². The number of aliphatic hydroxyl groups excluding tert-OH is 3. The molecule has 31 heavy (non-hydrogen) atoms. The van der Waals surface area contributed by atoms with Gasteiger partial charge in [0.05, 0.1) is 38.6 Å². The number of rotatable bonds is 14. The second kappa shape index (κ2) is 14.5.